The van der Waals surface area contributed by atoms with Crippen LogP contribution >= 0.6 is 24.0 Å². The van der Waals surface area contributed by atoms with E-state index in [-0.39, 0.29) is 29.8 Å². The quantitative estimate of drug-likeness (QED) is 0.452. The van der Waals surface area contributed by atoms with Gasteiger partial charge < -0.3 is 5.11 Å². The fourth-order valence-corrected chi connectivity index (χ4v) is 1.97. The summed E-state index contributed by atoms with van der Waals surface area (Å²) in [4.78, 5) is 0. The van der Waals surface area contributed by atoms with Crippen molar-refractivity contribution in [1.82, 2.24) is 5.01 Å². The minimum absolute atomic E-state index is 0. The highest BCUT2D eigenvalue weighted by Gasteiger charge is 2.52. The Balaban J connectivity index is 0.00000180. The summed E-state index contributed by atoms with van der Waals surface area (Å²) in [5.41, 5.74) is -0.0989. The minimum Gasteiger partial charge on any atom is -0.368 e. The largest absolute Gasteiger partial charge is 0.368 e. The lowest BCUT2D eigenvalue weighted by Gasteiger charge is -2.38. The highest BCUT2D eigenvalue weighted by Crippen LogP contribution is 2.41. The SMILES string of the molecule is CC1=NN(C(=N)c2ccccc2)C(C)(O)C1(C)C.I. The monoisotopic (exact) mass is 373 g/mol. The number of nitrogens with zero attached hydrogens (tertiary/aromatic N) is 2. The Hall–Kier alpha value is -0.950. The average molecular weight is 373 g/mol. The first-order valence-corrected chi connectivity index (χ1v) is 6.01. The third-order valence-electron chi connectivity index (χ3n) is 4.01. The molecule has 0 radical (unpaired) electrons. The lowest BCUT2D eigenvalue weighted by molar-refractivity contribution is -0.0961. The van der Waals surface area contributed by atoms with Gasteiger partial charge in [-0.3, -0.25) is 5.41 Å². The van der Waals surface area contributed by atoms with Crippen molar-refractivity contribution in [2.75, 3.05) is 0 Å². The first kappa shape index (κ1) is 16.1. The summed E-state index contributed by atoms with van der Waals surface area (Å²) in [5, 5.41) is 24.6. The molecule has 1 aliphatic rings. The smallest absolute Gasteiger partial charge is 0.167 e. The maximum Gasteiger partial charge on any atom is 0.167 e. The molecule has 1 unspecified atom stereocenters. The molecule has 104 valence electrons. The summed E-state index contributed by atoms with van der Waals surface area (Å²) in [6.45, 7) is 7.45. The van der Waals surface area contributed by atoms with Crippen LogP contribution in [0.25, 0.3) is 0 Å². The molecule has 4 nitrogen and oxygen atoms in total. The molecule has 1 aromatic carbocycles. The minimum atomic E-state index is -1.19. The lowest BCUT2D eigenvalue weighted by atomic mass is 9.79. The van der Waals surface area contributed by atoms with E-state index in [9.17, 15) is 5.11 Å². The van der Waals surface area contributed by atoms with Crippen molar-refractivity contribution in [3.8, 4) is 0 Å². The van der Waals surface area contributed by atoms with E-state index in [0.717, 1.165) is 11.3 Å². The summed E-state index contributed by atoms with van der Waals surface area (Å²) in [7, 11) is 0. The molecule has 0 saturated heterocycles. The second-order valence-corrected chi connectivity index (χ2v) is 5.36. The topological polar surface area (TPSA) is 59.7 Å². The molecule has 0 spiro atoms. The molecule has 2 rings (SSSR count). The molecule has 0 aromatic heterocycles. The third kappa shape index (κ3) is 2.41. The molecule has 0 bridgehead atoms. The van der Waals surface area contributed by atoms with Gasteiger partial charge in [0.1, 0.15) is 0 Å². The first-order chi connectivity index (χ1) is 8.28. The Morgan fingerprint density at radius 1 is 1.21 bits per heavy atom. The van der Waals surface area contributed by atoms with E-state index in [1.807, 2.05) is 51.1 Å². The van der Waals surface area contributed by atoms with Gasteiger partial charge in [0, 0.05) is 11.3 Å². The van der Waals surface area contributed by atoms with Gasteiger partial charge in [0.2, 0.25) is 0 Å². The van der Waals surface area contributed by atoms with Crippen molar-refractivity contribution in [1.29, 1.82) is 5.41 Å². The van der Waals surface area contributed by atoms with E-state index in [1.54, 1.807) is 6.92 Å². The fraction of sp³-hybridized carbons (Fsp3) is 0.429. The Labute approximate surface area is 131 Å². The third-order valence-corrected chi connectivity index (χ3v) is 4.01. The summed E-state index contributed by atoms with van der Waals surface area (Å²) in [5.74, 6) is 0.213. The molecule has 1 heterocycles. The van der Waals surface area contributed by atoms with Gasteiger partial charge >= 0.3 is 0 Å². The molecule has 2 N–H and O–H groups in total. The predicted octanol–water partition coefficient (Wildman–Crippen LogP) is 3.06. The van der Waals surface area contributed by atoms with Gasteiger partial charge in [-0.2, -0.15) is 5.10 Å². The molecule has 0 fully saturated rings. The van der Waals surface area contributed by atoms with E-state index in [0.29, 0.717) is 0 Å². The number of aliphatic hydroxyl groups is 1. The summed E-state index contributed by atoms with van der Waals surface area (Å²) in [6, 6.07) is 9.33. The molecule has 5 heteroatoms. The number of nitrogens with one attached hydrogen (secondary N) is 1. The summed E-state index contributed by atoms with van der Waals surface area (Å²) >= 11 is 0. The van der Waals surface area contributed by atoms with E-state index >= 15 is 0 Å². The molecule has 0 amide bonds. The predicted molar refractivity (Wildman–Crippen MR) is 88.0 cm³/mol. The highest BCUT2D eigenvalue weighted by molar-refractivity contribution is 14.0. The number of hydrogen-bond acceptors (Lipinski definition) is 3. The number of benzene rings is 1. The van der Waals surface area contributed by atoms with Gasteiger partial charge in [-0.25, -0.2) is 5.01 Å². The van der Waals surface area contributed by atoms with Gasteiger partial charge in [-0.15, -0.1) is 24.0 Å². The van der Waals surface area contributed by atoms with Gasteiger partial charge in [0.05, 0.1) is 5.41 Å². The number of hydrazone groups is 1. The molecule has 1 aliphatic heterocycles. The maximum atomic E-state index is 10.7. The van der Waals surface area contributed by atoms with Crippen LogP contribution in [0.15, 0.2) is 35.4 Å². The van der Waals surface area contributed by atoms with Crippen LogP contribution in [0.4, 0.5) is 0 Å². The Kier molecular flexibility index (Phi) is 4.41. The zero-order valence-corrected chi connectivity index (χ0v) is 14.0. The second-order valence-electron chi connectivity index (χ2n) is 5.36. The van der Waals surface area contributed by atoms with Crippen LogP contribution in [-0.2, 0) is 0 Å². The van der Waals surface area contributed by atoms with Crippen LogP contribution in [0, 0.1) is 10.8 Å². The molecule has 19 heavy (non-hydrogen) atoms. The van der Waals surface area contributed by atoms with Crippen molar-refractivity contribution in [3.63, 3.8) is 0 Å². The zero-order valence-electron chi connectivity index (χ0n) is 11.6. The van der Waals surface area contributed by atoms with Gasteiger partial charge in [-0.05, 0) is 27.7 Å². The fourth-order valence-electron chi connectivity index (χ4n) is 1.97. The molecule has 1 atom stereocenters. The number of halogens is 1. The number of hydrogen-bond donors (Lipinski definition) is 2. The number of amidine groups is 1. The maximum absolute atomic E-state index is 10.7. The standard InChI is InChI=1S/C14H19N3O.HI/c1-10-13(2,3)14(4,18)17(16-10)12(15)11-8-6-5-7-9-11;/h5-9,15,18H,1-4H3;1H. The Morgan fingerprint density at radius 3 is 2.16 bits per heavy atom. The number of rotatable bonds is 1. The van der Waals surface area contributed by atoms with E-state index in [2.05, 4.69) is 5.10 Å². The average Bonchev–Trinajstić information content (AvgIpc) is 2.49. The van der Waals surface area contributed by atoms with Crippen molar-refractivity contribution in [2.24, 2.45) is 10.5 Å². The van der Waals surface area contributed by atoms with Crippen molar-refractivity contribution < 1.29 is 5.11 Å². The van der Waals surface area contributed by atoms with Gasteiger partial charge in [0.15, 0.2) is 11.6 Å². The van der Waals surface area contributed by atoms with E-state index < -0.39 is 11.1 Å². The van der Waals surface area contributed by atoms with Crippen LogP contribution in [0.1, 0.15) is 33.3 Å². The summed E-state index contributed by atoms with van der Waals surface area (Å²) in [6.07, 6.45) is 0. The molecule has 0 aliphatic carbocycles. The van der Waals surface area contributed by atoms with E-state index in [4.69, 9.17) is 5.41 Å². The zero-order chi connectivity index (χ0) is 13.6. The van der Waals surface area contributed by atoms with Crippen molar-refractivity contribution in [3.05, 3.63) is 35.9 Å². The first-order valence-electron chi connectivity index (χ1n) is 6.01. The molecular weight excluding hydrogens is 353 g/mol. The Morgan fingerprint density at radius 2 is 1.74 bits per heavy atom. The molecular formula is C14H20IN3O. The summed E-state index contributed by atoms with van der Waals surface area (Å²) < 4.78 is 0. The van der Waals surface area contributed by atoms with Crippen LogP contribution in [0.2, 0.25) is 0 Å². The van der Waals surface area contributed by atoms with Crippen LogP contribution < -0.4 is 0 Å². The van der Waals surface area contributed by atoms with Gasteiger partial charge in [-0.1, -0.05) is 30.3 Å². The molecule has 0 saturated carbocycles. The lowest BCUT2D eigenvalue weighted by Crippen LogP contribution is -2.53. The van der Waals surface area contributed by atoms with E-state index in [1.165, 1.54) is 5.01 Å². The van der Waals surface area contributed by atoms with Crippen LogP contribution in [0.3, 0.4) is 0 Å². The van der Waals surface area contributed by atoms with Crippen LogP contribution in [0.5, 0.6) is 0 Å². The van der Waals surface area contributed by atoms with Gasteiger partial charge in [0.25, 0.3) is 0 Å². The second kappa shape index (κ2) is 5.20. The highest BCUT2D eigenvalue weighted by atomic mass is 127. The molecule has 1 aromatic rings. The Bertz CT molecular complexity index is 509. The van der Waals surface area contributed by atoms with Crippen molar-refractivity contribution in [2.45, 2.75) is 33.4 Å². The van der Waals surface area contributed by atoms with Crippen molar-refractivity contribution >= 4 is 35.5 Å². The normalized spacial score (nSPS) is 24.7. The van der Waals surface area contributed by atoms with Crippen LogP contribution in [-0.4, -0.2) is 27.4 Å².